The van der Waals surface area contributed by atoms with E-state index in [1.54, 1.807) is 0 Å². The Labute approximate surface area is 425 Å². The molecular formula is C63H60IrN4O2-2. The molecule has 6 aromatic carbocycles. The molecule has 5 aromatic heterocycles. The zero-order valence-electron chi connectivity index (χ0n) is 42.0. The molecule has 0 amide bonds. The number of aromatic nitrogens is 4. The summed E-state index contributed by atoms with van der Waals surface area (Å²) in [6.45, 7) is 25.0. The third-order valence-corrected chi connectivity index (χ3v) is 13.4. The summed E-state index contributed by atoms with van der Waals surface area (Å²) in [5, 5.41) is 2.83. The van der Waals surface area contributed by atoms with Gasteiger partial charge >= 0.3 is 0 Å². The Hall–Kier alpha value is -6.66. The summed E-state index contributed by atoms with van der Waals surface area (Å²) in [6, 6.07) is 53.4. The number of para-hydroxylation sites is 3. The molecule has 0 saturated heterocycles. The number of pyridine rings is 2. The van der Waals surface area contributed by atoms with Crippen molar-refractivity contribution in [1.82, 2.24) is 19.5 Å². The van der Waals surface area contributed by atoms with Crippen LogP contribution in [0.2, 0.25) is 0 Å². The second-order valence-corrected chi connectivity index (χ2v) is 20.7. The van der Waals surface area contributed by atoms with Gasteiger partial charge in [0.25, 0.3) is 0 Å². The van der Waals surface area contributed by atoms with E-state index in [-0.39, 0.29) is 37.4 Å². The van der Waals surface area contributed by atoms with Crippen LogP contribution in [0, 0.1) is 12.1 Å². The summed E-state index contributed by atoms with van der Waals surface area (Å²) in [5.74, 6) is 2.17. The summed E-state index contributed by atoms with van der Waals surface area (Å²) in [6.07, 6.45) is 1.87. The Morgan fingerprint density at radius 3 is 1.91 bits per heavy atom. The number of imidazole rings is 1. The SMILES string of the molecule is CC(C)(C)c1ccnc(-c2[c-]cccc2)c1.CC(C)c1cc(-c2cc(C(C)C)c(-n3c(-c4[c-]ccc5c4oc4nc6c(cc45)oc4ccccc46)nc4ccccc43)c(C(C)C)c2)cc(C(C)C)c1.[Ir]. The fourth-order valence-electron chi connectivity index (χ4n) is 9.47. The summed E-state index contributed by atoms with van der Waals surface area (Å²) in [5.41, 5.74) is 18.9. The third kappa shape index (κ3) is 9.02. The van der Waals surface area contributed by atoms with E-state index >= 15 is 0 Å². The maximum absolute atomic E-state index is 6.71. The predicted molar refractivity (Wildman–Crippen MR) is 287 cm³/mol. The zero-order valence-corrected chi connectivity index (χ0v) is 44.4. The normalized spacial score (nSPS) is 12.0. The third-order valence-electron chi connectivity index (χ3n) is 13.4. The number of rotatable bonds is 8. The molecule has 355 valence electrons. The largest absolute Gasteiger partial charge is 0.486 e. The molecule has 11 aromatic rings. The topological polar surface area (TPSA) is 69.9 Å². The van der Waals surface area contributed by atoms with Crippen molar-refractivity contribution in [2.24, 2.45) is 0 Å². The molecule has 0 spiro atoms. The monoisotopic (exact) mass is 1100 g/mol. The standard InChI is InChI=1S/C48H44N3O2.C15H16N.Ir/c1-26(2)30-20-31(27(3)4)22-32(21-30)33-23-37(28(5)6)45(38(24-33)29(7)8)51-41-18-11-10-17-40(41)49-47(51)36-16-13-15-34-39-25-43-44(50-48(39)53-46(34)36)35-14-9-12-19-42(35)52-43;1-15(2,3)13-9-10-16-14(11-13)12-7-5-4-6-8-12;/h9-15,17-29H,1-8H3;4-7,9-11H,1-3H3;/q2*-1;. The molecule has 70 heavy (non-hydrogen) atoms. The maximum atomic E-state index is 6.71. The van der Waals surface area contributed by atoms with E-state index in [1.807, 2.05) is 60.8 Å². The first kappa shape index (κ1) is 48.4. The van der Waals surface area contributed by atoms with Crippen LogP contribution in [0.15, 0.2) is 148 Å². The minimum absolute atomic E-state index is 0. The van der Waals surface area contributed by atoms with Crippen LogP contribution in [0.1, 0.15) is 128 Å². The smallest absolute Gasteiger partial charge is 0.216 e. The van der Waals surface area contributed by atoms with Crippen LogP contribution >= 0.6 is 0 Å². The average molecular weight is 1100 g/mol. The van der Waals surface area contributed by atoms with Gasteiger partial charge < -0.3 is 18.4 Å². The van der Waals surface area contributed by atoms with E-state index in [2.05, 4.69) is 177 Å². The average Bonchev–Trinajstić information content (AvgIpc) is 4.03. The first-order chi connectivity index (χ1) is 33.1. The molecule has 0 aliphatic carbocycles. The molecule has 0 bridgehead atoms. The molecule has 0 unspecified atom stereocenters. The van der Waals surface area contributed by atoms with Crippen LogP contribution in [0.4, 0.5) is 0 Å². The molecular weight excluding hydrogens is 1040 g/mol. The van der Waals surface area contributed by atoms with Gasteiger partial charge in [-0.1, -0.05) is 136 Å². The van der Waals surface area contributed by atoms with Gasteiger partial charge in [-0.25, -0.2) is 4.98 Å². The summed E-state index contributed by atoms with van der Waals surface area (Å²) < 4.78 is 15.3. The van der Waals surface area contributed by atoms with Crippen molar-refractivity contribution in [2.45, 2.75) is 105 Å². The van der Waals surface area contributed by atoms with Crippen molar-refractivity contribution in [3.63, 3.8) is 0 Å². The molecule has 7 heteroatoms. The van der Waals surface area contributed by atoms with Gasteiger partial charge in [-0.3, -0.25) is 4.98 Å². The number of furan rings is 2. The number of fused-ring (bicyclic) bond motifs is 7. The first-order valence-corrected chi connectivity index (χ1v) is 24.4. The van der Waals surface area contributed by atoms with Gasteiger partial charge in [-0.2, -0.15) is 0 Å². The Bertz CT molecular complexity index is 3620. The fourth-order valence-corrected chi connectivity index (χ4v) is 9.47. The van der Waals surface area contributed by atoms with E-state index in [0.717, 1.165) is 66.5 Å². The minimum atomic E-state index is 0. The maximum Gasteiger partial charge on any atom is 0.216 e. The van der Waals surface area contributed by atoms with Gasteiger partial charge in [0, 0.05) is 42.8 Å². The Morgan fingerprint density at radius 2 is 1.24 bits per heavy atom. The first-order valence-electron chi connectivity index (χ1n) is 24.4. The number of benzene rings is 6. The van der Waals surface area contributed by atoms with Gasteiger partial charge in [0.2, 0.25) is 5.71 Å². The van der Waals surface area contributed by atoms with Gasteiger partial charge in [0.1, 0.15) is 11.1 Å². The van der Waals surface area contributed by atoms with Crippen molar-refractivity contribution in [2.75, 3.05) is 0 Å². The number of hydrogen-bond donors (Lipinski definition) is 0. The van der Waals surface area contributed by atoms with E-state index in [1.165, 1.54) is 44.6 Å². The second-order valence-electron chi connectivity index (χ2n) is 20.7. The number of nitrogens with zero attached hydrogens (tertiary/aromatic N) is 4. The van der Waals surface area contributed by atoms with Crippen LogP contribution in [-0.2, 0) is 25.5 Å². The molecule has 0 aliphatic heterocycles. The molecule has 1 radical (unpaired) electrons. The van der Waals surface area contributed by atoms with Gasteiger partial charge in [0.05, 0.1) is 22.4 Å². The molecule has 0 fully saturated rings. The van der Waals surface area contributed by atoms with E-state index in [0.29, 0.717) is 23.1 Å². The summed E-state index contributed by atoms with van der Waals surface area (Å²) in [4.78, 5) is 14.7. The minimum Gasteiger partial charge on any atom is -0.486 e. The molecule has 0 saturated carbocycles. The van der Waals surface area contributed by atoms with Crippen molar-refractivity contribution < 1.29 is 28.9 Å². The predicted octanol–water partition coefficient (Wildman–Crippen LogP) is 17.7. The summed E-state index contributed by atoms with van der Waals surface area (Å²) in [7, 11) is 0. The second kappa shape index (κ2) is 19.3. The van der Waals surface area contributed by atoms with Crippen molar-refractivity contribution in [1.29, 1.82) is 0 Å². The van der Waals surface area contributed by atoms with Crippen molar-refractivity contribution >= 4 is 55.2 Å². The van der Waals surface area contributed by atoms with Crippen LogP contribution < -0.4 is 0 Å². The van der Waals surface area contributed by atoms with Gasteiger partial charge in [-0.15, -0.1) is 54.1 Å². The molecule has 6 nitrogen and oxygen atoms in total. The fraction of sp³-hybridized carbons (Fsp3) is 0.254. The van der Waals surface area contributed by atoms with Crippen molar-refractivity contribution in [3.05, 3.63) is 180 Å². The Morgan fingerprint density at radius 1 is 0.571 bits per heavy atom. The molecule has 5 heterocycles. The Balaban J connectivity index is 0.000000304. The van der Waals surface area contributed by atoms with E-state index in [4.69, 9.17) is 18.8 Å². The van der Waals surface area contributed by atoms with Gasteiger partial charge in [0.15, 0.2) is 5.58 Å². The van der Waals surface area contributed by atoms with Crippen LogP contribution in [-0.4, -0.2) is 19.5 Å². The van der Waals surface area contributed by atoms with E-state index < -0.39 is 0 Å². The summed E-state index contributed by atoms with van der Waals surface area (Å²) >= 11 is 0. The number of hydrogen-bond acceptors (Lipinski definition) is 5. The van der Waals surface area contributed by atoms with Crippen molar-refractivity contribution in [3.8, 4) is 39.5 Å². The van der Waals surface area contributed by atoms with Crippen LogP contribution in [0.3, 0.4) is 0 Å². The van der Waals surface area contributed by atoms with Crippen LogP contribution in [0.25, 0.3) is 94.6 Å². The van der Waals surface area contributed by atoms with E-state index in [9.17, 15) is 0 Å². The molecule has 11 rings (SSSR count). The molecule has 0 atom stereocenters. The molecule has 0 N–H and O–H groups in total. The van der Waals surface area contributed by atoms with Gasteiger partial charge in [-0.05, 0) is 122 Å². The molecule has 0 aliphatic rings. The van der Waals surface area contributed by atoms with Crippen LogP contribution in [0.5, 0.6) is 0 Å². The zero-order chi connectivity index (χ0) is 48.3. The Kier molecular flexibility index (Phi) is 13.3. The quantitative estimate of drug-likeness (QED) is 0.142.